The molecule has 1 amide bonds. The fraction of sp³-hybridized carbons (Fsp3) is 0.750. The highest BCUT2D eigenvalue weighted by molar-refractivity contribution is 5.76. The predicted octanol–water partition coefficient (Wildman–Crippen LogP) is 2.16. The lowest BCUT2D eigenvalue weighted by Gasteiger charge is -2.17. The van der Waals surface area contributed by atoms with E-state index in [0.717, 1.165) is 30.9 Å². The zero-order valence-corrected chi connectivity index (χ0v) is 14.3. The van der Waals surface area contributed by atoms with Crippen LogP contribution in [0.5, 0.6) is 0 Å². The molecule has 1 atom stereocenters. The maximum atomic E-state index is 12.1. The molecule has 21 heavy (non-hydrogen) atoms. The number of aromatic nitrogens is 2. The molecule has 0 aliphatic carbocycles. The van der Waals surface area contributed by atoms with Crippen molar-refractivity contribution in [1.29, 1.82) is 0 Å². The van der Waals surface area contributed by atoms with Gasteiger partial charge in [0.2, 0.25) is 5.91 Å². The molecule has 0 fully saturated rings. The molecule has 0 aliphatic rings. The quantitative estimate of drug-likeness (QED) is 0.722. The van der Waals surface area contributed by atoms with E-state index in [4.69, 9.17) is 0 Å². The summed E-state index contributed by atoms with van der Waals surface area (Å²) >= 11 is 0. The van der Waals surface area contributed by atoms with Crippen molar-refractivity contribution < 1.29 is 4.79 Å². The van der Waals surface area contributed by atoms with Gasteiger partial charge in [-0.2, -0.15) is 5.10 Å². The van der Waals surface area contributed by atoms with E-state index in [-0.39, 0.29) is 18.5 Å². The smallest absolute Gasteiger partial charge is 0.241 e. The van der Waals surface area contributed by atoms with Crippen molar-refractivity contribution in [2.75, 3.05) is 6.54 Å². The molecule has 5 nitrogen and oxygen atoms in total. The van der Waals surface area contributed by atoms with Gasteiger partial charge in [-0.05, 0) is 39.7 Å². The van der Waals surface area contributed by atoms with Crippen LogP contribution in [0.1, 0.15) is 51.1 Å². The lowest BCUT2D eigenvalue weighted by Crippen LogP contribution is -2.38. The second-order valence-corrected chi connectivity index (χ2v) is 6.08. The van der Waals surface area contributed by atoms with Crippen LogP contribution < -0.4 is 10.6 Å². The molecule has 120 valence electrons. The van der Waals surface area contributed by atoms with Crippen LogP contribution in [0, 0.1) is 19.8 Å². The number of nitrogens with zero attached hydrogens (tertiary/aromatic N) is 2. The molecule has 5 heteroatoms. The second kappa shape index (κ2) is 8.17. The van der Waals surface area contributed by atoms with Crippen LogP contribution >= 0.6 is 0 Å². The fourth-order valence-electron chi connectivity index (χ4n) is 2.14. The van der Waals surface area contributed by atoms with Gasteiger partial charge in [0, 0.05) is 23.8 Å². The molecule has 1 aromatic rings. The van der Waals surface area contributed by atoms with Crippen molar-refractivity contribution in [2.24, 2.45) is 5.92 Å². The first-order valence-electron chi connectivity index (χ1n) is 7.89. The van der Waals surface area contributed by atoms with Crippen LogP contribution in [-0.4, -0.2) is 28.3 Å². The summed E-state index contributed by atoms with van der Waals surface area (Å²) in [4.78, 5) is 12.1. The molecule has 0 spiro atoms. The van der Waals surface area contributed by atoms with E-state index in [1.54, 1.807) is 4.68 Å². The van der Waals surface area contributed by atoms with Crippen molar-refractivity contribution in [2.45, 2.75) is 67.1 Å². The van der Waals surface area contributed by atoms with Gasteiger partial charge in [0.15, 0.2) is 0 Å². The molecule has 0 bridgehead atoms. The summed E-state index contributed by atoms with van der Waals surface area (Å²) < 4.78 is 1.81. The Bertz CT molecular complexity index is 465. The summed E-state index contributed by atoms with van der Waals surface area (Å²) in [5.74, 6) is 0.457. The first-order chi connectivity index (χ1) is 9.86. The molecule has 0 saturated heterocycles. The molecule has 0 saturated carbocycles. The molecule has 1 aromatic heterocycles. The largest absolute Gasteiger partial charge is 0.352 e. The van der Waals surface area contributed by atoms with E-state index < -0.39 is 0 Å². The van der Waals surface area contributed by atoms with Gasteiger partial charge in [0.1, 0.15) is 6.54 Å². The second-order valence-electron chi connectivity index (χ2n) is 6.08. The molecular formula is C16H30N4O. The molecule has 0 aromatic carbocycles. The Morgan fingerprint density at radius 1 is 1.29 bits per heavy atom. The van der Waals surface area contributed by atoms with E-state index >= 15 is 0 Å². The SMILES string of the molecule is CCCNCc1c(C)nn(CC(=O)NC(C)C(C)C)c1C. The zero-order valence-electron chi connectivity index (χ0n) is 14.3. The van der Waals surface area contributed by atoms with Crippen molar-refractivity contribution in [1.82, 2.24) is 20.4 Å². The maximum Gasteiger partial charge on any atom is 0.241 e. The molecule has 1 heterocycles. The minimum absolute atomic E-state index is 0.0230. The molecule has 0 aliphatic heterocycles. The standard InChI is InChI=1S/C16H30N4O/c1-7-8-17-9-15-13(5)19-20(14(15)6)10-16(21)18-12(4)11(2)3/h11-12,17H,7-10H2,1-6H3,(H,18,21). The summed E-state index contributed by atoms with van der Waals surface area (Å²) in [6.45, 7) is 14.5. The highest BCUT2D eigenvalue weighted by atomic mass is 16.2. The Labute approximate surface area is 128 Å². The van der Waals surface area contributed by atoms with E-state index in [2.05, 4.69) is 36.5 Å². The topological polar surface area (TPSA) is 59.0 Å². The normalized spacial score (nSPS) is 12.7. The Morgan fingerprint density at radius 2 is 1.95 bits per heavy atom. The number of rotatable bonds is 8. The highest BCUT2D eigenvalue weighted by Crippen LogP contribution is 2.12. The van der Waals surface area contributed by atoms with Gasteiger partial charge in [0.05, 0.1) is 5.69 Å². The van der Waals surface area contributed by atoms with E-state index in [1.807, 2.05) is 20.8 Å². The summed E-state index contributed by atoms with van der Waals surface area (Å²) in [6.07, 6.45) is 1.11. The molecule has 1 rings (SSSR count). The molecular weight excluding hydrogens is 264 g/mol. The van der Waals surface area contributed by atoms with Crippen molar-refractivity contribution in [3.8, 4) is 0 Å². The van der Waals surface area contributed by atoms with Crippen LogP contribution in [-0.2, 0) is 17.9 Å². The van der Waals surface area contributed by atoms with Gasteiger partial charge < -0.3 is 10.6 Å². The number of hydrogen-bond donors (Lipinski definition) is 2. The number of aryl methyl sites for hydroxylation is 1. The number of carbonyl (C=O) groups is 1. The van der Waals surface area contributed by atoms with Crippen LogP contribution in [0.2, 0.25) is 0 Å². The first kappa shape index (κ1) is 17.7. The van der Waals surface area contributed by atoms with Crippen molar-refractivity contribution in [3.63, 3.8) is 0 Å². The third-order valence-electron chi connectivity index (χ3n) is 3.94. The number of carbonyl (C=O) groups excluding carboxylic acids is 1. The highest BCUT2D eigenvalue weighted by Gasteiger charge is 2.15. The molecule has 2 N–H and O–H groups in total. The van der Waals surface area contributed by atoms with E-state index in [0.29, 0.717) is 5.92 Å². The van der Waals surface area contributed by atoms with Crippen LogP contribution in [0.25, 0.3) is 0 Å². The first-order valence-corrected chi connectivity index (χ1v) is 7.89. The summed E-state index contributed by atoms with van der Waals surface area (Å²) in [6, 6.07) is 0.181. The van der Waals surface area contributed by atoms with Gasteiger partial charge in [-0.1, -0.05) is 20.8 Å². The third kappa shape index (κ3) is 5.16. The number of nitrogens with one attached hydrogen (secondary N) is 2. The van der Waals surface area contributed by atoms with E-state index in [1.165, 1.54) is 5.56 Å². The number of amides is 1. The minimum Gasteiger partial charge on any atom is -0.352 e. The van der Waals surface area contributed by atoms with E-state index in [9.17, 15) is 4.79 Å². The van der Waals surface area contributed by atoms with Gasteiger partial charge >= 0.3 is 0 Å². The monoisotopic (exact) mass is 294 g/mol. The van der Waals surface area contributed by atoms with Crippen molar-refractivity contribution in [3.05, 3.63) is 17.0 Å². The number of hydrogen-bond acceptors (Lipinski definition) is 3. The predicted molar refractivity (Wildman–Crippen MR) is 86.1 cm³/mol. The Hall–Kier alpha value is -1.36. The lowest BCUT2D eigenvalue weighted by molar-refractivity contribution is -0.122. The van der Waals surface area contributed by atoms with Crippen LogP contribution in [0.15, 0.2) is 0 Å². The summed E-state index contributed by atoms with van der Waals surface area (Å²) in [7, 11) is 0. The van der Waals surface area contributed by atoms with Gasteiger partial charge in [-0.25, -0.2) is 0 Å². The fourth-order valence-corrected chi connectivity index (χ4v) is 2.14. The Kier molecular flexibility index (Phi) is 6.89. The summed E-state index contributed by atoms with van der Waals surface area (Å²) in [5, 5.41) is 10.9. The molecule has 1 unspecified atom stereocenters. The van der Waals surface area contributed by atoms with Crippen LogP contribution in [0.3, 0.4) is 0 Å². The average Bonchev–Trinajstić information content (AvgIpc) is 2.66. The third-order valence-corrected chi connectivity index (χ3v) is 3.94. The Morgan fingerprint density at radius 3 is 2.52 bits per heavy atom. The van der Waals surface area contributed by atoms with Gasteiger partial charge in [-0.3, -0.25) is 9.48 Å². The van der Waals surface area contributed by atoms with Gasteiger partial charge in [0.25, 0.3) is 0 Å². The molecule has 0 radical (unpaired) electrons. The van der Waals surface area contributed by atoms with Crippen molar-refractivity contribution >= 4 is 5.91 Å². The average molecular weight is 294 g/mol. The zero-order chi connectivity index (χ0) is 16.0. The lowest BCUT2D eigenvalue weighted by atomic mass is 10.1. The van der Waals surface area contributed by atoms with Crippen LogP contribution in [0.4, 0.5) is 0 Å². The minimum atomic E-state index is 0.0230. The summed E-state index contributed by atoms with van der Waals surface area (Å²) in [5.41, 5.74) is 3.28. The Balaban J connectivity index is 2.67. The van der Waals surface area contributed by atoms with Gasteiger partial charge in [-0.15, -0.1) is 0 Å². The maximum absolute atomic E-state index is 12.1.